The predicted molar refractivity (Wildman–Crippen MR) is 204 cm³/mol. The number of thioether (sulfide) groups is 1. The number of carbonyl (C=O) groups is 4. The van der Waals surface area contributed by atoms with Gasteiger partial charge in [0.05, 0.1) is 17.4 Å². The van der Waals surface area contributed by atoms with Crippen molar-refractivity contribution in [1.82, 2.24) is 5.32 Å². The minimum Gasteiger partial charge on any atom is -0.462 e. The van der Waals surface area contributed by atoms with Crippen molar-refractivity contribution in [2.24, 2.45) is 0 Å². The SMILES string of the molecule is CCOC(=O)c1c(NC(=O)C(C)Sc2cccc(NC(=O)/C(=C\c3ccc(Cl)cc3Cl)NC(=O)c3ccccc3)c2)sc2c1CCCCCC2. The van der Waals surface area contributed by atoms with Gasteiger partial charge in [-0.05, 0) is 99.2 Å². The van der Waals surface area contributed by atoms with Crippen molar-refractivity contribution in [2.45, 2.75) is 62.5 Å². The first-order chi connectivity index (χ1) is 24.1. The van der Waals surface area contributed by atoms with Crippen LogP contribution >= 0.6 is 46.3 Å². The van der Waals surface area contributed by atoms with Gasteiger partial charge in [0, 0.05) is 31.1 Å². The first kappa shape index (κ1) is 37.2. The maximum atomic E-state index is 13.6. The number of halogens is 2. The third kappa shape index (κ3) is 9.78. The van der Waals surface area contributed by atoms with Crippen molar-refractivity contribution in [2.75, 3.05) is 17.2 Å². The Balaban J connectivity index is 1.31. The second-order valence-corrected chi connectivity index (χ2v) is 15.0. The molecule has 4 aromatic rings. The highest BCUT2D eigenvalue weighted by Crippen LogP contribution is 2.38. The van der Waals surface area contributed by atoms with E-state index in [1.165, 1.54) is 29.2 Å². The minimum absolute atomic E-state index is 0.0312. The van der Waals surface area contributed by atoms with Gasteiger partial charge < -0.3 is 20.7 Å². The molecule has 260 valence electrons. The van der Waals surface area contributed by atoms with Crippen molar-refractivity contribution in [3.8, 4) is 0 Å². The summed E-state index contributed by atoms with van der Waals surface area (Å²) in [7, 11) is 0. The molecule has 0 saturated carbocycles. The summed E-state index contributed by atoms with van der Waals surface area (Å²) in [5.74, 6) is -1.70. The Morgan fingerprint density at radius 1 is 0.920 bits per heavy atom. The number of hydrogen-bond donors (Lipinski definition) is 3. The quantitative estimate of drug-likeness (QED) is 0.0800. The molecule has 12 heteroatoms. The first-order valence-corrected chi connectivity index (χ1v) is 18.8. The van der Waals surface area contributed by atoms with Gasteiger partial charge in [0.25, 0.3) is 11.8 Å². The number of rotatable bonds is 11. The van der Waals surface area contributed by atoms with Crippen LogP contribution in [0.5, 0.6) is 0 Å². The maximum absolute atomic E-state index is 13.6. The fourth-order valence-electron chi connectivity index (χ4n) is 5.46. The van der Waals surface area contributed by atoms with Gasteiger partial charge in [-0.15, -0.1) is 23.1 Å². The van der Waals surface area contributed by atoms with Crippen molar-refractivity contribution in [3.63, 3.8) is 0 Å². The molecule has 1 unspecified atom stereocenters. The number of carbonyl (C=O) groups excluding carboxylic acids is 4. The second kappa shape index (κ2) is 17.7. The Morgan fingerprint density at radius 3 is 2.42 bits per heavy atom. The highest BCUT2D eigenvalue weighted by molar-refractivity contribution is 8.00. The Kier molecular flexibility index (Phi) is 13.2. The van der Waals surface area contributed by atoms with E-state index in [1.54, 1.807) is 80.6 Å². The summed E-state index contributed by atoms with van der Waals surface area (Å²) in [5, 5.41) is 9.31. The van der Waals surface area contributed by atoms with Gasteiger partial charge in [-0.25, -0.2) is 4.79 Å². The zero-order chi connectivity index (χ0) is 35.6. The number of fused-ring (bicyclic) bond motifs is 1. The lowest BCUT2D eigenvalue weighted by Crippen LogP contribution is -2.30. The van der Waals surface area contributed by atoms with E-state index in [0.29, 0.717) is 37.4 Å². The normalized spacial score (nSPS) is 13.6. The van der Waals surface area contributed by atoms with Gasteiger partial charge in [-0.1, -0.05) is 66.4 Å². The van der Waals surface area contributed by atoms with Crippen molar-refractivity contribution in [1.29, 1.82) is 0 Å². The maximum Gasteiger partial charge on any atom is 0.341 e. The van der Waals surface area contributed by atoms with E-state index in [-0.39, 0.29) is 18.2 Å². The molecule has 0 fully saturated rings. The smallest absolute Gasteiger partial charge is 0.341 e. The molecule has 0 aliphatic heterocycles. The molecule has 1 heterocycles. The number of aryl methyl sites for hydroxylation is 1. The standard InChI is InChI=1S/C38H37Cl2N3O5S2/c1-3-48-38(47)33-29-16-9-4-5-10-17-32(29)50-37(33)43-34(44)23(2)49-28-15-11-14-27(22-28)41-36(46)31(20-25-18-19-26(39)21-30(25)40)42-35(45)24-12-7-6-8-13-24/h6-8,11-15,18-23H,3-5,9-10,16-17H2,1-2H3,(H,41,46)(H,42,45)(H,43,44)/b31-20+. The average Bonchev–Trinajstić information content (AvgIpc) is 3.41. The number of esters is 1. The molecule has 50 heavy (non-hydrogen) atoms. The van der Waals surface area contributed by atoms with E-state index in [9.17, 15) is 19.2 Å². The average molecular weight is 751 g/mol. The second-order valence-electron chi connectivity index (χ2n) is 11.6. The Hall–Kier alpha value is -4.09. The number of ether oxygens (including phenoxy) is 1. The van der Waals surface area contributed by atoms with Crippen LogP contribution in [0.4, 0.5) is 10.7 Å². The topological polar surface area (TPSA) is 114 Å². The van der Waals surface area contributed by atoms with Crippen LogP contribution in [0, 0.1) is 0 Å². The van der Waals surface area contributed by atoms with Gasteiger partial charge in [0.1, 0.15) is 10.7 Å². The van der Waals surface area contributed by atoms with E-state index in [0.717, 1.165) is 53.9 Å². The van der Waals surface area contributed by atoms with Gasteiger partial charge in [0.15, 0.2) is 0 Å². The van der Waals surface area contributed by atoms with Crippen molar-refractivity contribution < 1.29 is 23.9 Å². The molecule has 0 radical (unpaired) electrons. The Morgan fingerprint density at radius 2 is 1.68 bits per heavy atom. The van der Waals surface area contributed by atoms with E-state index < -0.39 is 23.0 Å². The molecule has 1 atom stereocenters. The largest absolute Gasteiger partial charge is 0.462 e. The van der Waals surface area contributed by atoms with E-state index in [4.69, 9.17) is 27.9 Å². The Labute approximate surface area is 310 Å². The van der Waals surface area contributed by atoms with Crippen LogP contribution in [-0.2, 0) is 27.2 Å². The van der Waals surface area contributed by atoms with E-state index in [2.05, 4.69) is 16.0 Å². The number of anilines is 2. The number of nitrogens with one attached hydrogen (secondary N) is 3. The fourth-order valence-corrected chi connectivity index (χ4v) is 8.13. The molecule has 0 spiro atoms. The summed E-state index contributed by atoms with van der Waals surface area (Å²) in [6, 6.07) is 20.5. The highest BCUT2D eigenvalue weighted by atomic mass is 35.5. The summed E-state index contributed by atoms with van der Waals surface area (Å²) in [6.07, 6.45) is 7.46. The lowest BCUT2D eigenvalue weighted by atomic mass is 9.96. The van der Waals surface area contributed by atoms with Crippen molar-refractivity contribution >= 4 is 86.8 Å². The summed E-state index contributed by atoms with van der Waals surface area (Å²) in [5.41, 5.74) is 2.77. The molecule has 8 nitrogen and oxygen atoms in total. The molecule has 0 saturated heterocycles. The van der Waals surface area contributed by atoms with Crippen molar-refractivity contribution in [3.05, 3.63) is 116 Å². The summed E-state index contributed by atoms with van der Waals surface area (Å²) in [6.45, 7) is 3.81. The van der Waals surface area contributed by atoms with Crippen LogP contribution in [0.15, 0.2) is 83.4 Å². The molecule has 3 aromatic carbocycles. The molecule has 0 bridgehead atoms. The van der Waals surface area contributed by atoms with Gasteiger partial charge in [-0.3, -0.25) is 14.4 Å². The summed E-state index contributed by atoms with van der Waals surface area (Å²) >= 11 is 15.2. The van der Waals surface area contributed by atoms with Crippen LogP contribution in [0.25, 0.3) is 6.08 Å². The van der Waals surface area contributed by atoms with Gasteiger partial charge in [-0.2, -0.15) is 0 Å². The van der Waals surface area contributed by atoms with E-state index >= 15 is 0 Å². The molecular weight excluding hydrogens is 713 g/mol. The minimum atomic E-state index is -0.576. The Bertz CT molecular complexity index is 1910. The summed E-state index contributed by atoms with van der Waals surface area (Å²) in [4.78, 5) is 55.0. The highest BCUT2D eigenvalue weighted by Gasteiger charge is 2.27. The van der Waals surface area contributed by atoms with Crippen LogP contribution < -0.4 is 16.0 Å². The predicted octanol–water partition coefficient (Wildman–Crippen LogP) is 9.42. The van der Waals surface area contributed by atoms with Crippen LogP contribution in [0.1, 0.15) is 76.3 Å². The lowest BCUT2D eigenvalue weighted by Gasteiger charge is -2.15. The summed E-state index contributed by atoms with van der Waals surface area (Å²) < 4.78 is 5.39. The van der Waals surface area contributed by atoms with E-state index in [1.807, 2.05) is 6.07 Å². The van der Waals surface area contributed by atoms with Gasteiger partial charge >= 0.3 is 5.97 Å². The third-order valence-corrected chi connectivity index (χ3v) is 10.8. The van der Waals surface area contributed by atoms with Gasteiger partial charge in [0.2, 0.25) is 5.91 Å². The number of hydrogen-bond acceptors (Lipinski definition) is 7. The molecule has 3 amide bonds. The molecule has 1 aromatic heterocycles. The molecule has 3 N–H and O–H groups in total. The number of benzene rings is 3. The zero-order valence-corrected chi connectivity index (χ0v) is 30.8. The molecule has 1 aliphatic carbocycles. The van der Waals surface area contributed by atoms with Crippen LogP contribution in [0.2, 0.25) is 10.0 Å². The van der Waals surface area contributed by atoms with Crippen LogP contribution in [0.3, 0.4) is 0 Å². The molecular formula is C38H37Cl2N3O5S2. The lowest BCUT2D eigenvalue weighted by molar-refractivity contribution is -0.115. The fraction of sp³-hybridized carbons (Fsp3) is 0.263. The third-order valence-electron chi connectivity index (χ3n) is 7.95. The monoisotopic (exact) mass is 749 g/mol. The molecule has 1 aliphatic rings. The number of thiophene rings is 1. The zero-order valence-electron chi connectivity index (χ0n) is 27.6. The number of amides is 3. The first-order valence-electron chi connectivity index (χ1n) is 16.4. The molecule has 5 rings (SSSR count). The van der Waals surface area contributed by atoms with Crippen LogP contribution in [-0.4, -0.2) is 35.5 Å².